The molecule has 13 heavy (non-hydrogen) atoms. The normalized spacial score (nSPS) is 15.7. The molecule has 0 aliphatic carbocycles. The molecule has 1 aromatic heterocycles. The third kappa shape index (κ3) is 2.56. The van der Waals surface area contributed by atoms with E-state index in [0.29, 0.717) is 5.76 Å². The van der Waals surface area contributed by atoms with Crippen molar-refractivity contribution in [2.24, 2.45) is 0 Å². The van der Waals surface area contributed by atoms with Gasteiger partial charge in [0.1, 0.15) is 11.9 Å². The molecule has 0 spiro atoms. The van der Waals surface area contributed by atoms with Gasteiger partial charge < -0.3 is 14.8 Å². The van der Waals surface area contributed by atoms with E-state index in [9.17, 15) is 5.11 Å². The molecule has 3 nitrogen and oxygen atoms in total. The number of halogens is 1. The number of aliphatic hydroxyl groups is 1. The van der Waals surface area contributed by atoms with Crippen LogP contribution in [0.4, 0.5) is 0 Å². The Bertz CT molecular complexity index is 262. The summed E-state index contributed by atoms with van der Waals surface area (Å²) in [6.45, 7) is 4.75. The molecule has 2 unspecified atom stereocenters. The fourth-order valence-electron chi connectivity index (χ4n) is 1.18. The van der Waals surface area contributed by atoms with Gasteiger partial charge in [0.15, 0.2) is 0 Å². The zero-order valence-corrected chi connectivity index (χ0v) is 9.34. The first-order valence-electron chi connectivity index (χ1n) is 4.31. The van der Waals surface area contributed by atoms with Crippen molar-refractivity contribution in [2.75, 3.05) is 6.54 Å². The average Bonchev–Trinajstić information content (AvgIpc) is 2.50. The minimum Gasteiger partial charge on any atom is -0.465 e. The lowest BCUT2D eigenvalue weighted by atomic mass is 10.1. The Morgan fingerprint density at radius 2 is 2.38 bits per heavy atom. The maximum absolute atomic E-state index is 9.80. The standard InChI is InChI=1S/C9H14BrNO2/c1-3-11-6(2)8(12)9-7(10)4-5-13-9/h4-6,8,11-12H,3H2,1-2H3. The van der Waals surface area contributed by atoms with Crippen molar-refractivity contribution in [2.45, 2.75) is 26.0 Å². The van der Waals surface area contributed by atoms with E-state index in [1.54, 1.807) is 12.3 Å². The Morgan fingerprint density at radius 1 is 1.69 bits per heavy atom. The van der Waals surface area contributed by atoms with Crippen LogP contribution in [-0.2, 0) is 0 Å². The Balaban J connectivity index is 2.67. The fourth-order valence-corrected chi connectivity index (χ4v) is 1.61. The number of hydrogen-bond donors (Lipinski definition) is 2. The third-order valence-electron chi connectivity index (χ3n) is 1.91. The molecule has 1 heterocycles. The molecule has 0 bridgehead atoms. The van der Waals surface area contributed by atoms with Crippen LogP contribution in [-0.4, -0.2) is 17.7 Å². The van der Waals surface area contributed by atoms with Gasteiger partial charge in [-0.3, -0.25) is 0 Å². The van der Waals surface area contributed by atoms with Gasteiger partial charge in [0.2, 0.25) is 0 Å². The van der Waals surface area contributed by atoms with Crippen LogP contribution in [0.2, 0.25) is 0 Å². The SMILES string of the molecule is CCNC(C)C(O)c1occc1Br. The zero-order chi connectivity index (χ0) is 9.84. The molecule has 2 N–H and O–H groups in total. The second-order valence-electron chi connectivity index (χ2n) is 2.92. The summed E-state index contributed by atoms with van der Waals surface area (Å²) in [5.41, 5.74) is 0. The molecule has 0 saturated carbocycles. The molecule has 74 valence electrons. The minimum absolute atomic E-state index is 0.00699. The Morgan fingerprint density at radius 3 is 2.85 bits per heavy atom. The highest BCUT2D eigenvalue weighted by atomic mass is 79.9. The summed E-state index contributed by atoms with van der Waals surface area (Å²) < 4.78 is 5.97. The number of rotatable bonds is 4. The molecule has 1 aromatic rings. The molecule has 1 rings (SSSR count). The molecule has 2 atom stereocenters. The Hall–Kier alpha value is -0.320. The van der Waals surface area contributed by atoms with Crippen molar-refractivity contribution in [3.8, 4) is 0 Å². The molecule has 0 amide bonds. The summed E-state index contributed by atoms with van der Waals surface area (Å²) in [4.78, 5) is 0. The van der Waals surface area contributed by atoms with Crippen molar-refractivity contribution in [3.63, 3.8) is 0 Å². The van der Waals surface area contributed by atoms with E-state index in [1.165, 1.54) is 0 Å². The van der Waals surface area contributed by atoms with E-state index in [0.717, 1.165) is 11.0 Å². The lowest BCUT2D eigenvalue weighted by Gasteiger charge is -2.17. The van der Waals surface area contributed by atoms with Gasteiger partial charge in [-0.05, 0) is 35.5 Å². The van der Waals surface area contributed by atoms with Gasteiger partial charge in [0.05, 0.1) is 10.7 Å². The zero-order valence-electron chi connectivity index (χ0n) is 7.75. The molecule has 0 aliphatic heterocycles. The van der Waals surface area contributed by atoms with Crippen molar-refractivity contribution >= 4 is 15.9 Å². The van der Waals surface area contributed by atoms with Gasteiger partial charge in [-0.1, -0.05) is 6.92 Å². The highest BCUT2D eigenvalue weighted by molar-refractivity contribution is 9.10. The smallest absolute Gasteiger partial charge is 0.147 e. The van der Waals surface area contributed by atoms with E-state index in [-0.39, 0.29) is 6.04 Å². The second kappa shape index (κ2) is 4.79. The van der Waals surface area contributed by atoms with Gasteiger partial charge in [0.25, 0.3) is 0 Å². The van der Waals surface area contributed by atoms with Gasteiger partial charge in [-0.25, -0.2) is 0 Å². The topological polar surface area (TPSA) is 45.4 Å². The first kappa shape index (κ1) is 10.8. The Labute approximate surface area is 86.3 Å². The first-order valence-corrected chi connectivity index (χ1v) is 5.10. The van der Waals surface area contributed by atoms with Crippen LogP contribution >= 0.6 is 15.9 Å². The summed E-state index contributed by atoms with van der Waals surface area (Å²) in [6, 6.07) is 1.77. The quantitative estimate of drug-likeness (QED) is 0.857. The van der Waals surface area contributed by atoms with Crippen LogP contribution in [0.5, 0.6) is 0 Å². The molecular weight excluding hydrogens is 234 g/mol. The maximum Gasteiger partial charge on any atom is 0.147 e. The van der Waals surface area contributed by atoms with E-state index in [2.05, 4.69) is 21.2 Å². The van der Waals surface area contributed by atoms with Crippen molar-refractivity contribution in [1.82, 2.24) is 5.32 Å². The van der Waals surface area contributed by atoms with E-state index in [1.807, 2.05) is 13.8 Å². The van der Waals surface area contributed by atoms with E-state index in [4.69, 9.17) is 4.42 Å². The molecule has 4 heteroatoms. The summed E-state index contributed by atoms with van der Waals surface area (Å²) >= 11 is 3.30. The highest BCUT2D eigenvalue weighted by Crippen LogP contribution is 2.26. The molecule has 0 radical (unpaired) electrons. The minimum atomic E-state index is -0.607. The van der Waals surface area contributed by atoms with Crippen molar-refractivity contribution in [3.05, 3.63) is 22.6 Å². The maximum atomic E-state index is 9.80. The first-order chi connectivity index (χ1) is 6.16. The number of nitrogens with one attached hydrogen (secondary N) is 1. The number of hydrogen-bond acceptors (Lipinski definition) is 3. The summed E-state index contributed by atoms with van der Waals surface area (Å²) in [5.74, 6) is 0.577. The van der Waals surface area contributed by atoms with Crippen LogP contribution < -0.4 is 5.32 Å². The van der Waals surface area contributed by atoms with Crippen molar-refractivity contribution in [1.29, 1.82) is 0 Å². The van der Waals surface area contributed by atoms with Crippen LogP contribution in [0, 0.1) is 0 Å². The highest BCUT2D eigenvalue weighted by Gasteiger charge is 2.20. The number of aliphatic hydroxyl groups excluding tert-OH is 1. The molecule has 0 aliphatic rings. The van der Waals surface area contributed by atoms with Crippen LogP contribution in [0.3, 0.4) is 0 Å². The summed E-state index contributed by atoms with van der Waals surface area (Å²) in [6.07, 6.45) is 0.950. The summed E-state index contributed by atoms with van der Waals surface area (Å²) in [7, 11) is 0. The van der Waals surface area contributed by atoms with E-state index < -0.39 is 6.10 Å². The fraction of sp³-hybridized carbons (Fsp3) is 0.556. The number of likely N-dealkylation sites (N-methyl/N-ethyl adjacent to an activating group) is 1. The molecule has 0 aromatic carbocycles. The molecule has 0 fully saturated rings. The average molecular weight is 248 g/mol. The van der Waals surface area contributed by atoms with E-state index >= 15 is 0 Å². The predicted molar refractivity (Wildman–Crippen MR) is 54.5 cm³/mol. The number of furan rings is 1. The van der Waals surface area contributed by atoms with Gasteiger partial charge in [0, 0.05) is 6.04 Å². The third-order valence-corrected chi connectivity index (χ3v) is 2.57. The Kier molecular flexibility index (Phi) is 3.96. The van der Waals surface area contributed by atoms with Crippen LogP contribution in [0.15, 0.2) is 21.2 Å². The van der Waals surface area contributed by atoms with Crippen molar-refractivity contribution < 1.29 is 9.52 Å². The summed E-state index contributed by atoms with van der Waals surface area (Å²) in [5, 5.41) is 12.9. The molecular formula is C9H14BrNO2. The molecule has 0 saturated heterocycles. The van der Waals surface area contributed by atoms with Crippen LogP contribution in [0.25, 0.3) is 0 Å². The predicted octanol–water partition coefficient (Wildman–Crippen LogP) is 2.07. The lowest BCUT2D eigenvalue weighted by Crippen LogP contribution is -2.31. The van der Waals surface area contributed by atoms with Crippen LogP contribution in [0.1, 0.15) is 25.7 Å². The van der Waals surface area contributed by atoms with Gasteiger partial charge in [-0.2, -0.15) is 0 Å². The monoisotopic (exact) mass is 247 g/mol. The largest absolute Gasteiger partial charge is 0.465 e. The van der Waals surface area contributed by atoms with Gasteiger partial charge >= 0.3 is 0 Å². The second-order valence-corrected chi connectivity index (χ2v) is 3.78. The lowest BCUT2D eigenvalue weighted by molar-refractivity contribution is 0.112. The van der Waals surface area contributed by atoms with Gasteiger partial charge in [-0.15, -0.1) is 0 Å².